The molecule has 0 aromatic heterocycles. The smallest absolute Gasteiger partial charge is 0.207 e. The van der Waals surface area contributed by atoms with E-state index < -0.39 is 0 Å². The van der Waals surface area contributed by atoms with E-state index in [1.54, 1.807) is 0 Å². The zero-order chi connectivity index (χ0) is 2.00. The summed E-state index contributed by atoms with van der Waals surface area (Å²) in [5.74, 6) is 2.14. The van der Waals surface area contributed by atoms with Crippen molar-refractivity contribution in [1.82, 2.24) is 0 Å². The Hall–Kier alpha value is 0.785. The molecule has 0 saturated heterocycles. The van der Waals surface area contributed by atoms with Crippen LogP contribution in [0.2, 0.25) is 5.79 Å². The lowest BCUT2D eigenvalue weighted by Crippen LogP contribution is -1.13. The molecule has 0 radical (unpaired) electrons. The maximum absolute atomic E-state index is 2.14. The molecule has 0 aliphatic heterocycles. The third kappa shape index (κ3) is 252. The Morgan fingerprint density at radius 3 is 0.714 bits per heavy atom. The van der Waals surface area contributed by atoms with Crippen LogP contribution in [-0.4, -0.2) is 33.7 Å². The molecule has 0 fully saturated rings. The van der Waals surface area contributed by atoms with E-state index in [0.29, 0.717) is 0 Å². The fraction of sp³-hybridized carbons (Fsp3) is 1.00. The maximum Gasteiger partial charge on any atom is 0.207 e. The molecule has 0 N–H and O–H groups in total. The summed E-state index contributed by atoms with van der Waals surface area (Å²) in [6.45, 7) is 0. The summed E-state index contributed by atoms with van der Waals surface area (Å²) in [4.78, 5) is 0. The standard InChI is InChI=1S/CH3.2Al.4FH.5H/h1H3;;;4*1H;;;;;. The SMILES string of the molecule is F.F.F.F.[AlH3].[CH3][AlH2]. The Morgan fingerprint density at radius 2 is 0.714 bits per heavy atom. The van der Waals surface area contributed by atoms with Gasteiger partial charge in [0.25, 0.3) is 0 Å². The van der Waals surface area contributed by atoms with E-state index in [1.165, 1.54) is 16.3 Å². The molecule has 0 nitrogen and oxygen atoms in total. The van der Waals surface area contributed by atoms with Gasteiger partial charge in [-0.1, -0.05) is 0 Å². The lowest BCUT2D eigenvalue weighted by Gasteiger charge is -0.965. The molecular weight excluding hydrogens is 142 g/mol. The molecule has 50 valence electrons. The van der Waals surface area contributed by atoms with Crippen molar-refractivity contribution < 1.29 is 18.8 Å². The zero-order valence-corrected chi connectivity index (χ0v) is 5.63. The van der Waals surface area contributed by atoms with Gasteiger partial charge in [0.05, 0.1) is 0 Å². The van der Waals surface area contributed by atoms with Crippen LogP contribution in [0, 0.1) is 0 Å². The summed E-state index contributed by atoms with van der Waals surface area (Å²) < 4.78 is 0. The van der Waals surface area contributed by atoms with Gasteiger partial charge in [0, 0.05) is 0 Å². The Balaban J connectivity index is -0.000000000500. The van der Waals surface area contributed by atoms with Crippen LogP contribution in [0.3, 0.4) is 0 Å². The second kappa shape index (κ2) is 369. The van der Waals surface area contributed by atoms with Crippen molar-refractivity contribution in [3.8, 4) is 0 Å². The fourth-order valence-electron chi connectivity index (χ4n) is 0. The lowest BCUT2D eigenvalue weighted by atomic mass is 11.9. The summed E-state index contributed by atoms with van der Waals surface area (Å²) >= 11 is 1.31. The molecular formula is CH12Al2F4. The highest BCUT2D eigenvalue weighted by molar-refractivity contribution is 6.05. The van der Waals surface area contributed by atoms with E-state index in [9.17, 15) is 0 Å². The van der Waals surface area contributed by atoms with Crippen LogP contribution in [0.25, 0.3) is 0 Å². The van der Waals surface area contributed by atoms with Crippen molar-refractivity contribution >= 4 is 33.7 Å². The minimum atomic E-state index is 0. The normalized spacial score (nSPS) is 0.714. The fourth-order valence-corrected chi connectivity index (χ4v) is 0. The first-order valence-corrected chi connectivity index (χ1v) is 3.00. The molecule has 0 aliphatic rings. The van der Waals surface area contributed by atoms with Gasteiger partial charge in [0.15, 0.2) is 17.4 Å². The molecule has 0 spiro atoms. The molecule has 0 unspecified atom stereocenters. The van der Waals surface area contributed by atoms with Gasteiger partial charge in [0.1, 0.15) is 0 Å². The molecule has 6 heteroatoms. The van der Waals surface area contributed by atoms with Crippen molar-refractivity contribution in [3.05, 3.63) is 0 Å². The van der Waals surface area contributed by atoms with Crippen LogP contribution in [-0.2, 0) is 0 Å². The first kappa shape index (κ1) is 112. The summed E-state index contributed by atoms with van der Waals surface area (Å²) in [5, 5.41) is 0. The number of hydrogen-bond acceptors (Lipinski definition) is 0. The largest absolute Gasteiger partial charge is 0.269 e. The van der Waals surface area contributed by atoms with Crippen molar-refractivity contribution in [3.63, 3.8) is 0 Å². The molecule has 0 bridgehead atoms. The molecule has 0 aromatic rings. The van der Waals surface area contributed by atoms with Crippen LogP contribution in [0.1, 0.15) is 0 Å². The van der Waals surface area contributed by atoms with Crippen molar-refractivity contribution in [1.29, 1.82) is 0 Å². The van der Waals surface area contributed by atoms with Crippen LogP contribution in [0.15, 0.2) is 0 Å². The first-order chi connectivity index (χ1) is 1.00. The monoisotopic (exact) mass is 154 g/mol. The van der Waals surface area contributed by atoms with Crippen LogP contribution < -0.4 is 0 Å². The number of hydrogen-bond donors (Lipinski definition) is 0. The Morgan fingerprint density at radius 1 is 0.714 bits per heavy atom. The van der Waals surface area contributed by atoms with Gasteiger partial charge in [-0.3, -0.25) is 18.8 Å². The highest BCUT2D eigenvalue weighted by Crippen LogP contribution is 0.960. The molecule has 0 saturated carbocycles. The maximum atomic E-state index is 2.14. The predicted octanol–water partition coefficient (Wildman–Crippen LogP) is -0.906. The van der Waals surface area contributed by atoms with Crippen LogP contribution in [0.4, 0.5) is 18.8 Å². The Kier molecular flexibility index (Phi) is 5920. The first-order valence-electron chi connectivity index (χ1n) is 1.00. The highest BCUT2D eigenvalue weighted by atomic mass is 27.0. The van der Waals surface area contributed by atoms with Gasteiger partial charge < -0.3 is 0 Å². The molecule has 0 rings (SSSR count). The highest BCUT2D eigenvalue weighted by Gasteiger charge is 1.06. The lowest BCUT2D eigenvalue weighted by molar-refractivity contribution is 1.11. The average molecular weight is 154 g/mol. The van der Waals surface area contributed by atoms with Crippen LogP contribution >= 0.6 is 0 Å². The van der Waals surface area contributed by atoms with Gasteiger partial charge in [-0.25, -0.2) is 0 Å². The third-order valence-corrected chi connectivity index (χ3v) is 0. The quantitative estimate of drug-likeness (QED) is 0.313. The summed E-state index contributed by atoms with van der Waals surface area (Å²) in [6, 6.07) is 0. The van der Waals surface area contributed by atoms with E-state index in [2.05, 4.69) is 5.79 Å². The second-order valence-corrected chi connectivity index (χ2v) is 0. The molecule has 0 aromatic carbocycles. The number of halogens is 4. The molecule has 0 amide bonds. The molecule has 0 heterocycles. The average Bonchev–Trinajstić information content (AvgIpc) is 1.00. The van der Waals surface area contributed by atoms with Crippen molar-refractivity contribution in [2.24, 2.45) is 0 Å². The zero-order valence-electron chi connectivity index (χ0n) is 3.63. The second-order valence-electron chi connectivity index (χ2n) is 0. The topological polar surface area (TPSA) is 0 Å². The summed E-state index contributed by atoms with van der Waals surface area (Å²) in [6.07, 6.45) is 0. The van der Waals surface area contributed by atoms with Gasteiger partial charge >= 0.3 is 0 Å². The number of rotatable bonds is 0. The van der Waals surface area contributed by atoms with E-state index >= 15 is 0 Å². The summed E-state index contributed by atoms with van der Waals surface area (Å²) in [5.41, 5.74) is 0. The molecule has 0 atom stereocenters. The minimum absolute atomic E-state index is 0. The van der Waals surface area contributed by atoms with Gasteiger partial charge in [-0.15, -0.1) is 5.79 Å². The predicted molar refractivity (Wildman–Crippen MR) is 34.4 cm³/mol. The molecule has 7 heavy (non-hydrogen) atoms. The van der Waals surface area contributed by atoms with E-state index in [0.717, 1.165) is 0 Å². The molecule has 0 aliphatic carbocycles. The van der Waals surface area contributed by atoms with Gasteiger partial charge in [0.2, 0.25) is 16.3 Å². The Bertz CT molecular complexity index is 9.65. The van der Waals surface area contributed by atoms with Crippen molar-refractivity contribution in [2.45, 2.75) is 5.79 Å². The van der Waals surface area contributed by atoms with E-state index in [1.807, 2.05) is 0 Å². The van der Waals surface area contributed by atoms with E-state index in [4.69, 9.17) is 0 Å². The van der Waals surface area contributed by atoms with Gasteiger partial charge in [-0.2, -0.15) is 0 Å². The minimum Gasteiger partial charge on any atom is -0.269 e. The van der Waals surface area contributed by atoms with Crippen molar-refractivity contribution in [2.75, 3.05) is 0 Å². The third-order valence-electron chi connectivity index (χ3n) is 0. The Labute approximate surface area is 58.7 Å². The van der Waals surface area contributed by atoms with Gasteiger partial charge in [-0.05, 0) is 0 Å². The van der Waals surface area contributed by atoms with E-state index in [-0.39, 0.29) is 36.2 Å². The summed E-state index contributed by atoms with van der Waals surface area (Å²) in [7, 11) is 0. The van der Waals surface area contributed by atoms with Crippen LogP contribution in [0.5, 0.6) is 0 Å².